The number of piperidine rings is 1. The number of rotatable bonds is 3. The molecule has 6 nitrogen and oxygen atoms in total. The predicted molar refractivity (Wildman–Crippen MR) is 117 cm³/mol. The van der Waals surface area contributed by atoms with Crippen molar-refractivity contribution in [1.82, 2.24) is 30.5 Å². The van der Waals surface area contributed by atoms with Crippen molar-refractivity contribution in [3.05, 3.63) is 53.5 Å². The second kappa shape index (κ2) is 6.79. The van der Waals surface area contributed by atoms with Crippen LogP contribution < -0.4 is 5.32 Å². The topological polar surface area (TPSA) is 82.3 Å². The van der Waals surface area contributed by atoms with Crippen LogP contribution >= 0.6 is 11.3 Å². The van der Waals surface area contributed by atoms with Crippen LogP contribution in [0.3, 0.4) is 0 Å². The summed E-state index contributed by atoms with van der Waals surface area (Å²) in [6.45, 7) is 2.17. The van der Waals surface area contributed by atoms with Gasteiger partial charge in [-0.3, -0.25) is 5.10 Å². The van der Waals surface area contributed by atoms with E-state index in [1.54, 1.807) is 11.3 Å². The highest BCUT2D eigenvalue weighted by Crippen LogP contribution is 2.34. The van der Waals surface area contributed by atoms with Crippen molar-refractivity contribution in [3.8, 4) is 22.0 Å². The molecule has 29 heavy (non-hydrogen) atoms. The molecule has 1 aliphatic rings. The summed E-state index contributed by atoms with van der Waals surface area (Å²) in [6.07, 6.45) is 4.18. The van der Waals surface area contributed by atoms with Crippen molar-refractivity contribution in [2.24, 2.45) is 0 Å². The average Bonchev–Trinajstić information content (AvgIpc) is 3.52. The fourth-order valence-corrected chi connectivity index (χ4v) is 5.04. The lowest BCUT2D eigenvalue weighted by Gasteiger charge is -2.23. The number of pyridine rings is 1. The van der Waals surface area contributed by atoms with Gasteiger partial charge in [0, 0.05) is 22.0 Å². The first-order valence-electron chi connectivity index (χ1n) is 9.94. The number of fused-ring (bicyclic) bond motifs is 2. The van der Waals surface area contributed by atoms with E-state index >= 15 is 0 Å². The van der Waals surface area contributed by atoms with Crippen molar-refractivity contribution < 1.29 is 0 Å². The van der Waals surface area contributed by atoms with Gasteiger partial charge in [-0.05, 0) is 67.1 Å². The Morgan fingerprint density at radius 1 is 1.07 bits per heavy atom. The van der Waals surface area contributed by atoms with Gasteiger partial charge in [-0.1, -0.05) is 12.1 Å². The number of H-pyrrole nitrogens is 2. The molecular formula is C22H20N6S. The van der Waals surface area contributed by atoms with Gasteiger partial charge in [0.1, 0.15) is 5.69 Å². The lowest BCUT2D eigenvalue weighted by atomic mass is 9.89. The minimum Gasteiger partial charge on any atom is -0.335 e. The Kier molecular flexibility index (Phi) is 3.95. The van der Waals surface area contributed by atoms with E-state index in [4.69, 9.17) is 4.98 Å². The number of aromatic nitrogens is 5. The maximum Gasteiger partial charge on any atom is 0.178 e. The molecule has 1 aliphatic heterocycles. The van der Waals surface area contributed by atoms with E-state index in [0.717, 1.165) is 52.2 Å². The molecule has 0 unspecified atom stereocenters. The first-order valence-corrected chi connectivity index (χ1v) is 10.8. The number of hydrogen-bond acceptors (Lipinski definition) is 5. The summed E-state index contributed by atoms with van der Waals surface area (Å²) in [5.74, 6) is 1.36. The molecule has 0 amide bonds. The summed E-state index contributed by atoms with van der Waals surface area (Å²) in [5.41, 5.74) is 6.07. The predicted octanol–water partition coefficient (Wildman–Crippen LogP) is 4.70. The minimum atomic E-state index is 0.603. The van der Waals surface area contributed by atoms with Gasteiger partial charge in [0.05, 0.1) is 11.0 Å². The molecule has 5 aromatic rings. The van der Waals surface area contributed by atoms with Gasteiger partial charge >= 0.3 is 0 Å². The van der Waals surface area contributed by atoms with Crippen LogP contribution in [0.15, 0.2) is 48.0 Å². The van der Waals surface area contributed by atoms with Crippen molar-refractivity contribution in [2.45, 2.75) is 18.8 Å². The normalized spacial score (nSPS) is 15.4. The lowest BCUT2D eigenvalue weighted by molar-refractivity contribution is 0.460. The summed E-state index contributed by atoms with van der Waals surface area (Å²) in [4.78, 5) is 13.9. The molecular weight excluding hydrogens is 380 g/mol. The SMILES string of the molecule is c1csc(-c2ccnc3nc(-c4n[nH]c5ccc(C6CCNCC6)cc45)[nH]c23)c1. The highest BCUT2D eigenvalue weighted by molar-refractivity contribution is 7.13. The maximum absolute atomic E-state index is 4.76. The maximum atomic E-state index is 4.76. The zero-order valence-corrected chi connectivity index (χ0v) is 16.6. The molecule has 0 atom stereocenters. The second-order valence-corrected chi connectivity index (χ2v) is 8.47. The Morgan fingerprint density at radius 3 is 2.86 bits per heavy atom. The largest absolute Gasteiger partial charge is 0.335 e. The summed E-state index contributed by atoms with van der Waals surface area (Å²) in [7, 11) is 0. The minimum absolute atomic E-state index is 0.603. The third-order valence-electron chi connectivity index (χ3n) is 5.80. The first kappa shape index (κ1) is 16.9. The van der Waals surface area contributed by atoms with E-state index in [1.807, 2.05) is 12.3 Å². The van der Waals surface area contributed by atoms with E-state index in [9.17, 15) is 0 Å². The number of benzene rings is 1. The summed E-state index contributed by atoms with van der Waals surface area (Å²) in [5, 5.41) is 14.4. The van der Waals surface area contributed by atoms with Crippen LogP contribution in [0.1, 0.15) is 24.3 Å². The molecule has 5 heterocycles. The number of hydrogen-bond donors (Lipinski definition) is 3. The molecule has 144 valence electrons. The highest BCUT2D eigenvalue weighted by atomic mass is 32.1. The highest BCUT2D eigenvalue weighted by Gasteiger charge is 2.19. The smallest absolute Gasteiger partial charge is 0.178 e. The van der Waals surface area contributed by atoms with Crippen LogP contribution in [0.2, 0.25) is 0 Å². The van der Waals surface area contributed by atoms with E-state index < -0.39 is 0 Å². The Bertz CT molecular complexity index is 1290. The van der Waals surface area contributed by atoms with E-state index in [1.165, 1.54) is 23.3 Å². The Hall–Kier alpha value is -3.03. The Labute approximate surface area is 171 Å². The monoisotopic (exact) mass is 400 g/mol. The van der Waals surface area contributed by atoms with Crippen LogP contribution in [-0.2, 0) is 0 Å². The number of nitrogens with one attached hydrogen (secondary N) is 3. The molecule has 1 aromatic carbocycles. The Morgan fingerprint density at radius 2 is 2.00 bits per heavy atom. The van der Waals surface area contributed by atoms with Crippen LogP contribution in [0.25, 0.3) is 44.0 Å². The van der Waals surface area contributed by atoms with Crippen LogP contribution in [0.4, 0.5) is 0 Å². The zero-order chi connectivity index (χ0) is 19.2. The van der Waals surface area contributed by atoms with Gasteiger partial charge in [0.2, 0.25) is 0 Å². The van der Waals surface area contributed by atoms with Gasteiger partial charge in [0.15, 0.2) is 11.5 Å². The fraction of sp³-hybridized carbons (Fsp3) is 0.227. The van der Waals surface area contributed by atoms with E-state index in [-0.39, 0.29) is 0 Å². The van der Waals surface area contributed by atoms with Gasteiger partial charge in [-0.15, -0.1) is 11.3 Å². The van der Waals surface area contributed by atoms with Gasteiger partial charge in [-0.25, -0.2) is 9.97 Å². The fourth-order valence-electron chi connectivity index (χ4n) is 4.28. The summed E-state index contributed by atoms with van der Waals surface area (Å²) >= 11 is 1.72. The van der Waals surface area contributed by atoms with Crippen molar-refractivity contribution in [2.75, 3.05) is 13.1 Å². The van der Waals surface area contributed by atoms with Crippen molar-refractivity contribution >= 4 is 33.4 Å². The summed E-state index contributed by atoms with van der Waals surface area (Å²) in [6, 6.07) is 12.9. The zero-order valence-electron chi connectivity index (χ0n) is 15.8. The molecule has 0 radical (unpaired) electrons. The van der Waals surface area contributed by atoms with Crippen molar-refractivity contribution in [1.29, 1.82) is 0 Å². The lowest BCUT2D eigenvalue weighted by Crippen LogP contribution is -2.26. The van der Waals surface area contributed by atoms with E-state index in [2.05, 4.69) is 61.2 Å². The van der Waals surface area contributed by atoms with E-state index in [0.29, 0.717) is 5.92 Å². The standard InChI is InChI=1S/C22H20N6S/c1-2-18(29-11-1)15-7-10-24-21-19(15)25-22(26-21)20-16-12-14(3-4-17(16)27-28-20)13-5-8-23-9-6-13/h1-4,7,10-13,23H,5-6,8-9H2,(H,27,28)(H,24,25,26). The van der Waals surface area contributed by atoms with Crippen LogP contribution in [0.5, 0.6) is 0 Å². The molecule has 1 saturated heterocycles. The quantitative estimate of drug-likeness (QED) is 0.410. The third-order valence-corrected chi connectivity index (χ3v) is 6.70. The molecule has 4 aromatic heterocycles. The second-order valence-electron chi connectivity index (χ2n) is 7.52. The number of thiophene rings is 1. The Balaban J connectivity index is 1.48. The van der Waals surface area contributed by atoms with Gasteiger partial charge < -0.3 is 10.3 Å². The van der Waals surface area contributed by atoms with Gasteiger partial charge in [0.25, 0.3) is 0 Å². The molecule has 3 N–H and O–H groups in total. The molecule has 6 rings (SSSR count). The van der Waals surface area contributed by atoms with Crippen LogP contribution in [-0.4, -0.2) is 38.2 Å². The molecule has 0 aliphatic carbocycles. The van der Waals surface area contributed by atoms with Crippen molar-refractivity contribution in [3.63, 3.8) is 0 Å². The molecule has 7 heteroatoms. The number of nitrogens with zero attached hydrogens (tertiary/aromatic N) is 3. The molecule has 0 spiro atoms. The first-order chi connectivity index (χ1) is 14.4. The third kappa shape index (κ3) is 2.85. The molecule has 1 fully saturated rings. The molecule has 0 bridgehead atoms. The number of imidazole rings is 1. The average molecular weight is 401 g/mol. The summed E-state index contributed by atoms with van der Waals surface area (Å²) < 4.78 is 0. The van der Waals surface area contributed by atoms with Crippen LogP contribution in [0, 0.1) is 0 Å². The van der Waals surface area contributed by atoms with Gasteiger partial charge in [-0.2, -0.15) is 5.10 Å². The number of aromatic amines is 2. The molecule has 0 saturated carbocycles.